The van der Waals surface area contributed by atoms with E-state index in [9.17, 15) is 18.0 Å². The average molecular weight is 305 g/mol. The molecule has 3 unspecified atom stereocenters. The standard InChI is InChI=1S/C11H19F3N2O2.ClH/c1-18-9(6-15)10(17)16-8-4-2-3-7(5-8)11(12,13)14;/h7-9H,2-6,15H2,1H3,(H,16,17);1H. The molecule has 3 N–H and O–H groups in total. The van der Waals surface area contributed by atoms with Crippen LogP contribution in [0.1, 0.15) is 25.7 Å². The number of nitrogens with two attached hydrogens (primary N) is 1. The van der Waals surface area contributed by atoms with Gasteiger partial charge in [-0.2, -0.15) is 13.2 Å². The zero-order chi connectivity index (χ0) is 13.8. The quantitative estimate of drug-likeness (QED) is 0.829. The van der Waals surface area contributed by atoms with E-state index >= 15 is 0 Å². The minimum atomic E-state index is -4.18. The van der Waals surface area contributed by atoms with Crippen molar-refractivity contribution in [3.8, 4) is 0 Å². The fraction of sp³-hybridized carbons (Fsp3) is 0.909. The topological polar surface area (TPSA) is 64.3 Å². The maximum Gasteiger partial charge on any atom is 0.391 e. The molecular formula is C11H20ClF3N2O2. The van der Waals surface area contributed by atoms with E-state index in [2.05, 4.69) is 5.32 Å². The minimum Gasteiger partial charge on any atom is -0.370 e. The number of carbonyl (C=O) groups excluding carboxylic acids is 1. The van der Waals surface area contributed by atoms with Crippen LogP contribution in [0.2, 0.25) is 0 Å². The van der Waals surface area contributed by atoms with Crippen molar-refractivity contribution in [2.45, 2.75) is 44.0 Å². The van der Waals surface area contributed by atoms with Crippen LogP contribution in [0.25, 0.3) is 0 Å². The summed E-state index contributed by atoms with van der Waals surface area (Å²) in [6, 6.07) is -0.443. The van der Waals surface area contributed by atoms with Crippen molar-refractivity contribution in [2.75, 3.05) is 13.7 Å². The molecule has 0 radical (unpaired) electrons. The molecule has 0 bridgehead atoms. The van der Waals surface area contributed by atoms with Crippen LogP contribution in [0.5, 0.6) is 0 Å². The first-order chi connectivity index (χ1) is 8.38. The molecule has 0 aromatic carbocycles. The second-order valence-electron chi connectivity index (χ2n) is 4.57. The molecule has 0 spiro atoms. The van der Waals surface area contributed by atoms with Crippen molar-refractivity contribution in [1.29, 1.82) is 0 Å². The number of methoxy groups -OCH3 is 1. The zero-order valence-electron chi connectivity index (χ0n) is 10.7. The van der Waals surface area contributed by atoms with Crippen molar-refractivity contribution < 1.29 is 22.7 Å². The van der Waals surface area contributed by atoms with Gasteiger partial charge >= 0.3 is 6.18 Å². The Labute approximate surface area is 116 Å². The second-order valence-corrected chi connectivity index (χ2v) is 4.57. The van der Waals surface area contributed by atoms with E-state index in [1.807, 2.05) is 0 Å². The van der Waals surface area contributed by atoms with Gasteiger partial charge in [0.2, 0.25) is 0 Å². The van der Waals surface area contributed by atoms with E-state index in [1.165, 1.54) is 7.11 Å². The van der Waals surface area contributed by atoms with Crippen molar-refractivity contribution in [2.24, 2.45) is 11.7 Å². The molecule has 0 saturated heterocycles. The number of rotatable bonds is 4. The molecule has 1 amide bonds. The summed E-state index contributed by atoms with van der Waals surface area (Å²) in [7, 11) is 1.34. The van der Waals surface area contributed by atoms with Crippen LogP contribution in [0, 0.1) is 5.92 Å². The fourth-order valence-corrected chi connectivity index (χ4v) is 2.22. The largest absolute Gasteiger partial charge is 0.391 e. The lowest BCUT2D eigenvalue weighted by Crippen LogP contribution is -2.47. The van der Waals surface area contributed by atoms with E-state index in [4.69, 9.17) is 10.5 Å². The number of hydrogen-bond donors (Lipinski definition) is 2. The molecule has 0 heterocycles. The van der Waals surface area contributed by atoms with Gasteiger partial charge in [0.05, 0.1) is 5.92 Å². The summed E-state index contributed by atoms with van der Waals surface area (Å²) < 4.78 is 42.6. The summed E-state index contributed by atoms with van der Waals surface area (Å²) in [4.78, 5) is 11.6. The Balaban J connectivity index is 0.00000324. The van der Waals surface area contributed by atoms with Crippen molar-refractivity contribution in [1.82, 2.24) is 5.32 Å². The molecule has 1 fully saturated rings. The van der Waals surface area contributed by atoms with Gasteiger partial charge in [-0.3, -0.25) is 4.79 Å². The summed E-state index contributed by atoms with van der Waals surface area (Å²) in [5.74, 6) is -1.76. The van der Waals surface area contributed by atoms with E-state index in [-0.39, 0.29) is 31.8 Å². The van der Waals surface area contributed by atoms with Gasteiger partial charge in [0.15, 0.2) is 0 Å². The molecule has 1 aliphatic carbocycles. The van der Waals surface area contributed by atoms with Crippen molar-refractivity contribution in [3.63, 3.8) is 0 Å². The Morgan fingerprint density at radius 1 is 1.47 bits per heavy atom. The van der Waals surface area contributed by atoms with Crippen molar-refractivity contribution in [3.05, 3.63) is 0 Å². The highest BCUT2D eigenvalue weighted by molar-refractivity contribution is 5.85. The van der Waals surface area contributed by atoms with Gasteiger partial charge in [0, 0.05) is 19.7 Å². The van der Waals surface area contributed by atoms with Crippen LogP contribution in [0.15, 0.2) is 0 Å². The molecule has 0 aliphatic heterocycles. The lowest BCUT2D eigenvalue weighted by Gasteiger charge is -2.31. The normalized spacial score (nSPS) is 25.3. The summed E-state index contributed by atoms with van der Waals surface area (Å²) in [5, 5.41) is 2.58. The first kappa shape index (κ1) is 18.5. The molecule has 0 aromatic heterocycles. The molecule has 114 valence electrons. The number of hydrogen-bond acceptors (Lipinski definition) is 3. The number of halogens is 4. The first-order valence-electron chi connectivity index (χ1n) is 5.98. The highest BCUT2D eigenvalue weighted by Crippen LogP contribution is 2.37. The van der Waals surface area contributed by atoms with Crippen molar-refractivity contribution >= 4 is 18.3 Å². The van der Waals surface area contributed by atoms with Gasteiger partial charge in [-0.05, 0) is 19.3 Å². The van der Waals surface area contributed by atoms with E-state index in [0.717, 1.165) is 0 Å². The highest BCUT2D eigenvalue weighted by atomic mass is 35.5. The molecule has 4 nitrogen and oxygen atoms in total. The third-order valence-electron chi connectivity index (χ3n) is 3.27. The van der Waals surface area contributed by atoms with Gasteiger partial charge in [0.25, 0.3) is 5.91 Å². The predicted molar refractivity (Wildman–Crippen MR) is 67.0 cm³/mol. The lowest BCUT2D eigenvalue weighted by molar-refractivity contribution is -0.184. The summed E-state index contributed by atoms with van der Waals surface area (Å²) >= 11 is 0. The van der Waals surface area contributed by atoms with Crippen LogP contribution in [0.3, 0.4) is 0 Å². The summed E-state index contributed by atoms with van der Waals surface area (Å²) in [5.41, 5.74) is 5.32. The van der Waals surface area contributed by atoms with E-state index in [0.29, 0.717) is 12.8 Å². The van der Waals surface area contributed by atoms with Gasteiger partial charge in [0.1, 0.15) is 6.10 Å². The van der Waals surface area contributed by atoms with Crippen LogP contribution in [-0.4, -0.2) is 37.9 Å². The van der Waals surface area contributed by atoms with Gasteiger partial charge in [-0.25, -0.2) is 0 Å². The number of alkyl halides is 3. The molecule has 19 heavy (non-hydrogen) atoms. The Morgan fingerprint density at radius 2 is 2.11 bits per heavy atom. The molecule has 1 aliphatic rings. The Bertz CT molecular complexity index is 286. The predicted octanol–water partition coefficient (Wildman–Crippen LogP) is 1.62. The number of amides is 1. The number of carbonyl (C=O) groups is 1. The fourth-order valence-electron chi connectivity index (χ4n) is 2.22. The van der Waals surface area contributed by atoms with Gasteiger partial charge in [-0.1, -0.05) is 6.42 Å². The minimum absolute atomic E-state index is 0. The Morgan fingerprint density at radius 3 is 2.58 bits per heavy atom. The Kier molecular flexibility index (Phi) is 7.69. The lowest BCUT2D eigenvalue weighted by atomic mass is 9.85. The highest BCUT2D eigenvalue weighted by Gasteiger charge is 2.42. The maximum atomic E-state index is 12.6. The maximum absolute atomic E-state index is 12.6. The third kappa shape index (κ3) is 5.54. The van der Waals surface area contributed by atoms with E-state index in [1.54, 1.807) is 0 Å². The molecule has 0 aromatic rings. The molecule has 8 heteroatoms. The monoisotopic (exact) mass is 304 g/mol. The molecule has 1 rings (SSSR count). The third-order valence-corrected chi connectivity index (χ3v) is 3.27. The van der Waals surface area contributed by atoms with E-state index < -0.39 is 30.1 Å². The van der Waals surface area contributed by atoms with Crippen LogP contribution >= 0.6 is 12.4 Å². The molecule has 3 atom stereocenters. The van der Waals surface area contributed by atoms with Gasteiger partial charge in [-0.15, -0.1) is 12.4 Å². The summed E-state index contributed by atoms with van der Waals surface area (Å²) in [6.07, 6.45) is -3.86. The van der Waals surface area contributed by atoms with Crippen LogP contribution in [-0.2, 0) is 9.53 Å². The van der Waals surface area contributed by atoms with Crippen LogP contribution < -0.4 is 11.1 Å². The summed E-state index contributed by atoms with van der Waals surface area (Å²) in [6.45, 7) is 0.0117. The molecule has 1 saturated carbocycles. The molecular weight excluding hydrogens is 285 g/mol. The number of ether oxygens (including phenoxy) is 1. The SMILES string of the molecule is COC(CN)C(=O)NC1CCCC(C(F)(F)F)C1.Cl. The zero-order valence-corrected chi connectivity index (χ0v) is 11.5. The van der Waals surface area contributed by atoms with Gasteiger partial charge < -0.3 is 15.8 Å². The second kappa shape index (κ2) is 7.91. The average Bonchev–Trinajstić information content (AvgIpc) is 2.29. The smallest absolute Gasteiger partial charge is 0.370 e. The first-order valence-corrected chi connectivity index (χ1v) is 5.98. The number of nitrogens with one attached hydrogen (secondary N) is 1. The van der Waals surface area contributed by atoms with Crippen LogP contribution in [0.4, 0.5) is 13.2 Å². The Hall–Kier alpha value is -0.530.